The Balaban J connectivity index is 1.48. The molecular weight excluding hydrogens is 452 g/mol. The quantitative estimate of drug-likeness (QED) is 0.253. The van der Waals surface area contributed by atoms with E-state index in [4.69, 9.17) is 13.9 Å². The number of hydrogen-bond acceptors (Lipinski definition) is 5. The highest BCUT2D eigenvalue weighted by molar-refractivity contribution is 6.08. The number of furan rings is 1. The van der Waals surface area contributed by atoms with E-state index >= 15 is 0 Å². The normalized spacial score (nSPS) is 11.6. The number of carbonyl (C=O) groups is 1. The lowest BCUT2D eigenvalue weighted by Gasteiger charge is -2.11. The number of benzene rings is 3. The number of hydrogen-bond donors (Lipinski definition) is 1. The number of anilines is 1. The maximum Gasteiger partial charge on any atom is 0.248 e. The van der Waals surface area contributed by atoms with E-state index in [2.05, 4.69) is 10.3 Å². The molecule has 36 heavy (non-hydrogen) atoms. The zero-order chi connectivity index (χ0) is 25.1. The van der Waals surface area contributed by atoms with E-state index in [1.165, 1.54) is 0 Å². The molecule has 6 heteroatoms. The molecule has 2 heterocycles. The van der Waals surface area contributed by atoms with Crippen LogP contribution in [-0.2, 0) is 4.79 Å². The van der Waals surface area contributed by atoms with Crippen molar-refractivity contribution < 1.29 is 18.7 Å². The molecule has 0 fully saturated rings. The van der Waals surface area contributed by atoms with Gasteiger partial charge in [-0.05, 0) is 55.3 Å². The second-order valence-corrected chi connectivity index (χ2v) is 8.35. The van der Waals surface area contributed by atoms with Crippen LogP contribution >= 0.6 is 0 Å². The van der Waals surface area contributed by atoms with Gasteiger partial charge in [0.15, 0.2) is 0 Å². The predicted octanol–water partition coefficient (Wildman–Crippen LogP) is 7.10. The summed E-state index contributed by atoms with van der Waals surface area (Å²) in [5, 5.41) is 4.85. The first kappa shape index (κ1) is 23.2. The van der Waals surface area contributed by atoms with Gasteiger partial charge in [-0.3, -0.25) is 9.78 Å². The van der Waals surface area contributed by atoms with Crippen LogP contribution in [0.1, 0.15) is 19.4 Å². The Kier molecular flexibility index (Phi) is 6.41. The average molecular weight is 479 g/mol. The Bertz CT molecular complexity index is 1580. The van der Waals surface area contributed by atoms with Crippen molar-refractivity contribution in [3.8, 4) is 22.6 Å². The minimum atomic E-state index is -0.244. The van der Waals surface area contributed by atoms with Crippen LogP contribution in [0.3, 0.4) is 0 Å². The number of nitrogens with one attached hydrogen (secondary N) is 1. The molecule has 2 aromatic heterocycles. The summed E-state index contributed by atoms with van der Waals surface area (Å²) in [6.45, 7) is 4.47. The Morgan fingerprint density at radius 3 is 2.67 bits per heavy atom. The highest BCUT2D eigenvalue weighted by atomic mass is 16.5. The molecule has 0 aliphatic heterocycles. The number of amides is 1. The van der Waals surface area contributed by atoms with Gasteiger partial charge in [0.2, 0.25) is 5.91 Å². The third kappa shape index (κ3) is 4.53. The van der Waals surface area contributed by atoms with Crippen molar-refractivity contribution in [2.45, 2.75) is 13.8 Å². The number of carbonyl (C=O) groups excluding carboxylic acids is 1. The second-order valence-electron chi connectivity index (χ2n) is 8.35. The van der Waals surface area contributed by atoms with Crippen molar-refractivity contribution in [1.82, 2.24) is 4.98 Å². The predicted molar refractivity (Wildman–Crippen MR) is 143 cm³/mol. The van der Waals surface area contributed by atoms with Crippen LogP contribution in [0, 0.1) is 0 Å². The number of methoxy groups -OCH3 is 1. The summed E-state index contributed by atoms with van der Waals surface area (Å²) in [6.07, 6.45) is 5.02. The average Bonchev–Trinajstić information content (AvgIpc) is 3.31. The van der Waals surface area contributed by atoms with Crippen LogP contribution in [0.4, 0.5) is 5.69 Å². The summed E-state index contributed by atoms with van der Waals surface area (Å²) in [4.78, 5) is 17.3. The number of nitrogens with zero attached hydrogens (tertiary/aromatic N) is 1. The molecule has 0 aliphatic rings. The standard InChI is InChI=1S/C30H26N2O4/c1-4-35-22-12-10-20(11-13-22)25-18-36-28-17-27(34-3)23(16-24(25)28)19(2)15-29(33)32-26-9-5-7-21-8-6-14-31-30(21)26/h5-18H,4H2,1-3H3,(H,32,33)/b19-15+. The fourth-order valence-electron chi connectivity index (χ4n) is 4.30. The lowest BCUT2D eigenvalue weighted by atomic mass is 9.99. The minimum absolute atomic E-state index is 0.244. The zero-order valence-corrected chi connectivity index (χ0v) is 20.4. The molecule has 0 unspecified atom stereocenters. The van der Waals surface area contributed by atoms with Crippen molar-refractivity contribution in [1.29, 1.82) is 0 Å². The van der Waals surface area contributed by atoms with Crippen LogP contribution < -0.4 is 14.8 Å². The molecule has 0 saturated heterocycles. The number of pyridine rings is 1. The number of rotatable bonds is 7. The van der Waals surface area contributed by atoms with Crippen molar-refractivity contribution >= 4 is 39.0 Å². The molecule has 0 radical (unpaired) electrons. The summed E-state index contributed by atoms with van der Waals surface area (Å²) in [7, 11) is 1.61. The topological polar surface area (TPSA) is 73.6 Å². The Morgan fingerprint density at radius 1 is 1.08 bits per heavy atom. The van der Waals surface area contributed by atoms with Gasteiger partial charge in [-0.15, -0.1) is 0 Å². The monoisotopic (exact) mass is 478 g/mol. The van der Waals surface area contributed by atoms with Crippen LogP contribution in [0.25, 0.3) is 38.6 Å². The third-order valence-corrected chi connectivity index (χ3v) is 6.03. The lowest BCUT2D eigenvalue weighted by Crippen LogP contribution is -2.09. The number of fused-ring (bicyclic) bond motifs is 2. The van der Waals surface area contributed by atoms with Gasteiger partial charge >= 0.3 is 0 Å². The largest absolute Gasteiger partial charge is 0.496 e. The smallest absolute Gasteiger partial charge is 0.248 e. The molecule has 1 amide bonds. The molecule has 0 aliphatic carbocycles. The van der Waals surface area contributed by atoms with Gasteiger partial charge < -0.3 is 19.2 Å². The van der Waals surface area contributed by atoms with Gasteiger partial charge in [0, 0.05) is 40.2 Å². The lowest BCUT2D eigenvalue weighted by molar-refractivity contribution is -0.111. The van der Waals surface area contributed by atoms with E-state index in [1.54, 1.807) is 25.6 Å². The number of ether oxygens (including phenoxy) is 2. The van der Waals surface area contributed by atoms with Crippen molar-refractivity contribution in [3.63, 3.8) is 0 Å². The molecule has 5 rings (SSSR count). The molecule has 0 atom stereocenters. The number of aromatic nitrogens is 1. The summed E-state index contributed by atoms with van der Waals surface area (Å²) < 4.78 is 17.0. The van der Waals surface area contributed by atoms with Gasteiger partial charge in [0.05, 0.1) is 31.2 Å². The fourth-order valence-corrected chi connectivity index (χ4v) is 4.30. The number of allylic oxidation sites excluding steroid dienone is 1. The SMILES string of the molecule is CCOc1ccc(-c2coc3cc(OC)c(/C(C)=C/C(=O)Nc4cccc5cccnc45)cc23)cc1. The summed E-state index contributed by atoms with van der Waals surface area (Å²) in [5.41, 5.74) is 5.66. The zero-order valence-electron chi connectivity index (χ0n) is 20.4. The van der Waals surface area contributed by atoms with Crippen LogP contribution in [0.15, 0.2) is 89.7 Å². The Morgan fingerprint density at radius 2 is 1.89 bits per heavy atom. The van der Waals surface area contributed by atoms with Crippen LogP contribution in [0.2, 0.25) is 0 Å². The first-order valence-electron chi connectivity index (χ1n) is 11.7. The summed E-state index contributed by atoms with van der Waals surface area (Å²) >= 11 is 0. The molecule has 1 N–H and O–H groups in total. The molecule has 6 nitrogen and oxygen atoms in total. The first-order valence-corrected chi connectivity index (χ1v) is 11.7. The fraction of sp³-hybridized carbons (Fsp3) is 0.133. The van der Waals surface area contributed by atoms with Gasteiger partial charge in [0.1, 0.15) is 17.1 Å². The Hall–Kier alpha value is -4.58. The van der Waals surface area contributed by atoms with Crippen molar-refractivity contribution in [2.75, 3.05) is 19.0 Å². The van der Waals surface area contributed by atoms with Crippen LogP contribution in [0.5, 0.6) is 11.5 Å². The van der Waals surface area contributed by atoms with E-state index in [0.29, 0.717) is 23.6 Å². The van der Waals surface area contributed by atoms with Gasteiger partial charge in [-0.25, -0.2) is 0 Å². The van der Waals surface area contributed by atoms with E-state index in [9.17, 15) is 4.79 Å². The molecular formula is C30H26N2O4. The minimum Gasteiger partial charge on any atom is -0.496 e. The number of para-hydroxylation sites is 1. The maximum absolute atomic E-state index is 12.9. The van der Waals surface area contributed by atoms with E-state index in [1.807, 2.05) is 80.6 Å². The van der Waals surface area contributed by atoms with Gasteiger partial charge in [-0.2, -0.15) is 0 Å². The second kappa shape index (κ2) is 9.96. The highest BCUT2D eigenvalue weighted by Crippen LogP contribution is 2.37. The van der Waals surface area contributed by atoms with E-state index < -0.39 is 0 Å². The van der Waals surface area contributed by atoms with E-state index in [0.717, 1.165) is 44.3 Å². The van der Waals surface area contributed by atoms with Crippen LogP contribution in [-0.4, -0.2) is 24.6 Å². The summed E-state index contributed by atoms with van der Waals surface area (Å²) in [5.74, 6) is 1.21. The van der Waals surface area contributed by atoms with Crippen molar-refractivity contribution in [3.05, 3.63) is 90.8 Å². The summed E-state index contributed by atoms with van der Waals surface area (Å²) in [6, 6.07) is 21.3. The molecule has 180 valence electrons. The molecule has 0 spiro atoms. The third-order valence-electron chi connectivity index (χ3n) is 6.03. The molecule has 5 aromatic rings. The highest BCUT2D eigenvalue weighted by Gasteiger charge is 2.15. The van der Waals surface area contributed by atoms with E-state index in [-0.39, 0.29) is 5.91 Å². The molecule has 0 bridgehead atoms. The van der Waals surface area contributed by atoms with Gasteiger partial charge in [0.25, 0.3) is 0 Å². The Labute approximate surface area is 209 Å². The van der Waals surface area contributed by atoms with Gasteiger partial charge in [-0.1, -0.05) is 30.3 Å². The maximum atomic E-state index is 12.9. The molecule has 3 aromatic carbocycles. The molecule has 0 saturated carbocycles. The first-order chi connectivity index (χ1) is 17.6. The van der Waals surface area contributed by atoms with Crippen molar-refractivity contribution in [2.24, 2.45) is 0 Å².